The molecule has 1 aliphatic rings. The van der Waals surface area contributed by atoms with Crippen molar-refractivity contribution in [2.45, 2.75) is 32.6 Å². The SMILES string of the molecule is Cc1cc(NC(=O)[C@H]2CCCC[C@H]2C(=O)O)nn1C. The van der Waals surface area contributed by atoms with Crippen LogP contribution < -0.4 is 5.32 Å². The molecule has 0 aliphatic heterocycles. The quantitative estimate of drug-likeness (QED) is 0.868. The second-order valence-electron chi connectivity index (χ2n) is 5.12. The van der Waals surface area contributed by atoms with Crippen molar-refractivity contribution in [1.29, 1.82) is 0 Å². The van der Waals surface area contributed by atoms with Gasteiger partial charge in [0.05, 0.1) is 11.8 Å². The van der Waals surface area contributed by atoms with Crippen molar-refractivity contribution in [3.63, 3.8) is 0 Å². The summed E-state index contributed by atoms with van der Waals surface area (Å²) < 4.78 is 1.67. The van der Waals surface area contributed by atoms with E-state index in [0.29, 0.717) is 18.7 Å². The molecule has 1 saturated carbocycles. The van der Waals surface area contributed by atoms with Crippen LogP contribution in [0.1, 0.15) is 31.4 Å². The van der Waals surface area contributed by atoms with E-state index in [-0.39, 0.29) is 5.91 Å². The van der Waals surface area contributed by atoms with Crippen LogP contribution in [-0.4, -0.2) is 26.8 Å². The van der Waals surface area contributed by atoms with Gasteiger partial charge >= 0.3 is 5.97 Å². The van der Waals surface area contributed by atoms with Crippen molar-refractivity contribution >= 4 is 17.7 Å². The number of carboxylic acid groups (broad SMARTS) is 1. The molecule has 1 amide bonds. The van der Waals surface area contributed by atoms with E-state index in [1.165, 1.54) is 0 Å². The molecule has 0 radical (unpaired) electrons. The number of carbonyl (C=O) groups excluding carboxylic acids is 1. The fraction of sp³-hybridized carbons (Fsp3) is 0.615. The molecule has 1 fully saturated rings. The van der Waals surface area contributed by atoms with Crippen molar-refractivity contribution in [3.05, 3.63) is 11.8 Å². The molecule has 0 unspecified atom stereocenters. The first-order chi connectivity index (χ1) is 8.99. The highest BCUT2D eigenvalue weighted by molar-refractivity contribution is 5.94. The van der Waals surface area contributed by atoms with E-state index < -0.39 is 17.8 Å². The molecule has 1 aromatic heterocycles. The number of anilines is 1. The van der Waals surface area contributed by atoms with Crippen LogP contribution in [0.2, 0.25) is 0 Å². The minimum Gasteiger partial charge on any atom is -0.481 e. The maximum absolute atomic E-state index is 12.2. The predicted molar refractivity (Wildman–Crippen MR) is 69.7 cm³/mol. The molecular formula is C13H19N3O3. The lowest BCUT2D eigenvalue weighted by Crippen LogP contribution is -2.36. The van der Waals surface area contributed by atoms with E-state index >= 15 is 0 Å². The summed E-state index contributed by atoms with van der Waals surface area (Å²) in [6.45, 7) is 1.89. The molecule has 19 heavy (non-hydrogen) atoms. The van der Waals surface area contributed by atoms with Crippen LogP contribution in [0.15, 0.2) is 6.07 Å². The average molecular weight is 265 g/mol. The fourth-order valence-electron chi connectivity index (χ4n) is 2.58. The zero-order valence-corrected chi connectivity index (χ0v) is 11.2. The summed E-state index contributed by atoms with van der Waals surface area (Å²) in [5.41, 5.74) is 0.939. The molecular weight excluding hydrogens is 246 g/mol. The molecule has 2 N–H and O–H groups in total. The number of hydrogen-bond donors (Lipinski definition) is 2. The highest BCUT2D eigenvalue weighted by Gasteiger charge is 2.35. The van der Waals surface area contributed by atoms with E-state index in [4.69, 9.17) is 0 Å². The summed E-state index contributed by atoms with van der Waals surface area (Å²) in [5.74, 6) is -1.64. The number of aryl methyl sites for hydroxylation is 2. The number of rotatable bonds is 3. The Hall–Kier alpha value is -1.85. The molecule has 0 saturated heterocycles. The number of carboxylic acids is 1. The third-order valence-corrected chi connectivity index (χ3v) is 3.78. The van der Waals surface area contributed by atoms with Gasteiger partial charge in [0.1, 0.15) is 0 Å². The first-order valence-corrected chi connectivity index (χ1v) is 6.53. The van der Waals surface area contributed by atoms with Crippen LogP contribution in [0.3, 0.4) is 0 Å². The first kappa shape index (κ1) is 13.6. The Morgan fingerprint density at radius 2 is 2.00 bits per heavy atom. The van der Waals surface area contributed by atoms with Crippen molar-refractivity contribution in [2.75, 3.05) is 5.32 Å². The van der Waals surface area contributed by atoms with Crippen LogP contribution in [0.5, 0.6) is 0 Å². The second kappa shape index (κ2) is 5.42. The van der Waals surface area contributed by atoms with Gasteiger partial charge in [0.2, 0.25) is 5.91 Å². The minimum atomic E-state index is -0.878. The number of amides is 1. The molecule has 0 aromatic carbocycles. The molecule has 1 aliphatic carbocycles. The molecule has 6 nitrogen and oxygen atoms in total. The Morgan fingerprint density at radius 1 is 1.37 bits per heavy atom. The van der Waals surface area contributed by atoms with Crippen molar-refractivity contribution < 1.29 is 14.7 Å². The third-order valence-electron chi connectivity index (χ3n) is 3.78. The number of hydrogen-bond acceptors (Lipinski definition) is 3. The predicted octanol–water partition coefficient (Wildman–Crippen LogP) is 1.56. The normalized spacial score (nSPS) is 23.1. The zero-order valence-electron chi connectivity index (χ0n) is 11.2. The lowest BCUT2D eigenvalue weighted by atomic mass is 9.79. The highest BCUT2D eigenvalue weighted by Crippen LogP contribution is 2.31. The fourth-order valence-corrected chi connectivity index (χ4v) is 2.58. The number of aliphatic carboxylic acids is 1. The summed E-state index contributed by atoms with van der Waals surface area (Å²) >= 11 is 0. The molecule has 6 heteroatoms. The van der Waals surface area contributed by atoms with Gasteiger partial charge < -0.3 is 10.4 Å². The third kappa shape index (κ3) is 2.94. The number of nitrogens with zero attached hydrogens (tertiary/aromatic N) is 2. The van der Waals surface area contributed by atoms with E-state index in [0.717, 1.165) is 18.5 Å². The molecule has 1 aromatic rings. The van der Waals surface area contributed by atoms with Gasteiger partial charge in [-0.1, -0.05) is 12.8 Å². The highest BCUT2D eigenvalue weighted by atomic mass is 16.4. The lowest BCUT2D eigenvalue weighted by molar-refractivity contribution is -0.147. The van der Waals surface area contributed by atoms with Gasteiger partial charge in [-0.25, -0.2) is 0 Å². The number of aromatic nitrogens is 2. The smallest absolute Gasteiger partial charge is 0.307 e. The standard InChI is InChI=1S/C13H19N3O3/c1-8-7-11(15-16(8)2)14-12(17)9-5-3-4-6-10(9)13(18)19/h7,9-10H,3-6H2,1-2H3,(H,18,19)(H,14,15,17)/t9-,10+/m0/s1. The monoisotopic (exact) mass is 265 g/mol. The first-order valence-electron chi connectivity index (χ1n) is 6.53. The Balaban J connectivity index is 2.07. The van der Waals surface area contributed by atoms with Gasteiger partial charge in [-0.15, -0.1) is 0 Å². The molecule has 104 valence electrons. The molecule has 0 bridgehead atoms. The van der Waals surface area contributed by atoms with Crippen LogP contribution in [0.4, 0.5) is 5.82 Å². The van der Waals surface area contributed by atoms with Gasteiger partial charge in [-0.3, -0.25) is 14.3 Å². The summed E-state index contributed by atoms with van der Waals surface area (Å²) in [6, 6.07) is 1.77. The van der Waals surface area contributed by atoms with Gasteiger partial charge in [-0.2, -0.15) is 5.10 Å². The van der Waals surface area contributed by atoms with Gasteiger partial charge in [0.15, 0.2) is 5.82 Å². The van der Waals surface area contributed by atoms with Crippen LogP contribution >= 0.6 is 0 Å². The number of nitrogens with one attached hydrogen (secondary N) is 1. The Kier molecular flexibility index (Phi) is 3.87. The van der Waals surface area contributed by atoms with Gasteiger partial charge in [0.25, 0.3) is 0 Å². The Bertz CT molecular complexity index is 476. The summed E-state index contributed by atoms with van der Waals surface area (Å²) in [7, 11) is 1.80. The Labute approximate surface area is 111 Å². The summed E-state index contributed by atoms with van der Waals surface area (Å²) in [6.07, 6.45) is 3.00. The van der Waals surface area contributed by atoms with Crippen molar-refractivity contribution in [3.8, 4) is 0 Å². The van der Waals surface area contributed by atoms with Crippen LogP contribution in [0.25, 0.3) is 0 Å². The molecule has 0 spiro atoms. The topological polar surface area (TPSA) is 84.2 Å². The van der Waals surface area contributed by atoms with Gasteiger partial charge in [-0.05, 0) is 19.8 Å². The van der Waals surface area contributed by atoms with Gasteiger partial charge in [0, 0.05) is 18.8 Å². The lowest BCUT2D eigenvalue weighted by Gasteiger charge is -2.27. The van der Waals surface area contributed by atoms with Crippen molar-refractivity contribution in [1.82, 2.24) is 9.78 Å². The molecule has 2 rings (SSSR count). The van der Waals surface area contributed by atoms with E-state index in [2.05, 4.69) is 10.4 Å². The second-order valence-corrected chi connectivity index (χ2v) is 5.12. The minimum absolute atomic E-state index is 0.231. The average Bonchev–Trinajstić information content (AvgIpc) is 2.68. The van der Waals surface area contributed by atoms with Crippen LogP contribution in [0, 0.1) is 18.8 Å². The van der Waals surface area contributed by atoms with E-state index in [1.54, 1.807) is 17.8 Å². The van der Waals surface area contributed by atoms with Crippen LogP contribution in [-0.2, 0) is 16.6 Å². The number of carbonyl (C=O) groups is 2. The summed E-state index contributed by atoms with van der Waals surface area (Å²) in [5, 5.41) is 16.0. The Morgan fingerprint density at radius 3 is 2.53 bits per heavy atom. The molecule has 2 atom stereocenters. The maximum Gasteiger partial charge on any atom is 0.307 e. The molecule has 1 heterocycles. The maximum atomic E-state index is 12.2. The zero-order chi connectivity index (χ0) is 14.0. The van der Waals surface area contributed by atoms with Crippen molar-refractivity contribution in [2.24, 2.45) is 18.9 Å². The van der Waals surface area contributed by atoms with E-state index in [9.17, 15) is 14.7 Å². The summed E-state index contributed by atoms with van der Waals surface area (Å²) in [4.78, 5) is 23.4. The van der Waals surface area contributed by atoms with E-state index in [1.807, 2.05) is 6.92 Å². The largest absolute Gasteiger partial charge is 0.481 e.